The van der Waals surface area contributed by atoms with Crippen molar-refractivity contribution in [1.82, 2.24) is 15.6 Å². The van der Waals surface area contributed by atoms with Crippen LogP contribution < -0.4 is 5.43 Å². The Bertz CT molecular complexity index is 803. The van der Waals surface area contributed by atoms with E-state index in [2.05, 4.69) is 20.7 Å². The minimum atomic E-state index is -0.337. The van der Waals surface area contributed by atoms with Gasteiger partial charge < -0.3 is 0 Å². The number of aromatic nitrogens is 2. The predicted octanol–water partition coefficient (Wildman–Crippen LogP) is 2.64. The summed E-state index contributed by atoms with van der Waals surface area (Å²) in [6.45, 7) is 2.02. The Balaban J connectivity index is 1.73. The molecule has 0 fully saturated rings. The average Bonchev–Trinajstić information content (AvgIpc) is 2.93. The second-order valence-electron chi connectivity index (χ2n) is 4.73. The molecule has 1 aromatic heterocycles. The van der Waals surface area contributed by atoms with Crippen LogP contribution in [0.15, 0.2) is 53.6 Å². The molecule has 2 N–H and O–H groups in total. The number of para-hydroxylation sites is 1. The fraction of sp³-hybridized carbons (Fsp3) is 0.0625. The number of H-pyrrole nitrogens is 1. The number of carbonyl (C=O) groups is 1. The van der Waals surface area contributed by atoms with Gasteiger partial charge in [-0.2, -0.15) is 10.2 Å². The fourth-order valence-corrected chi connectivity index (χ4v) is 2.01. The maximum absolute atomic E-state index is 12.1. The molecule has 1 heterocycles. The number of hydrogen-bond acceptors (Lipinski definition) is 3. The molecule has 0 saturated carbocycles. The highest BCUT2D eigenvalue weighted by Crippen LogP contribution is 2.14. The summed E-state index contributed by atoms with van der Waals surface area (Å²) in [6.07, 6.45) is 1.60. The number of amides is 1. The Morgan fingerprint density at radius 1 is 1.19 bits per heavy atom. The lowest BCUT2D eigenvalue weighted by Crippen LogP contribution is -2.18. The number of nitrogens with zero attached hydrogens (tertiary/aromatic N) is 2. The van der Waals surface area contributed by atoms with Crippen LogP contribution in [0.3, 0.4) is 0 Å². The van der Waals surface area contributed by atoms with Crippen LogP contribution in [-0.2, 0) is 0 Å². The molecule has 0 atom stereocenters. The van der Waals surface area contributed by atoms with Crippen molar-refractivity contribution in [2.75, 3.05) is 0 Å². The number of fused-ring (bicyclic) bond motifs is 1. The first-order valence-electron chi connectivity index (χ1n) is 6.57. The van der Waals surface area contributed by atoms with Crippen molar-refractivity contribution < 1.29 is 4.79 Å². The lowest BCUT2D eigenvalue weighted by molar-refractivity contribution is 0.0951. The van der Waals surface area contributed by atoms with Crippen LogP contribution in [-0.4, -0.2) is 22.3 Å². The molecular formula is C16H14N4O. The van der Waals surface area contributed by atoms with Crippen molar-refractivity contribution in [2.24, 2.45) is 5.10 Å². The molecule has 0 saturated heterocycles. The first-order valence-corrected chi connectivity index (χ1v) is 6.57. The van der Waals surface area contributed by atoms with E-state index in [1.165, 1.54) is 5.56 Å². The zero-order valence-electron chi connectivity index (χ0n) is 11.5. The highest BCUT2D eigenvalue weighted by molar-refractivity contribution is 6.04. The zero-order valence-corrected chi connectivity index (χ0v) is 11.5. The summed E-state index contributed by atoms with van der Waals surface area (Å²) in [7, 11) is 0. The van der Waals surface area contributed by atoms with Crippen molar-refractivity contribution in [1.29, 1.82) is 0 Å². The molecule has 5 heteroatoms. The summed E-state index contributed by atoms with van der Waals surface area (Å²) in [5.74, 6) is -0.337. The lowest BCUT2D eigenvalue weighted by Gasteiger charge is -1.97. The monoisotopic (exact) mass is 278 g/mol. The first kappa shape index (κ1) is 13.1. The third-order valence-electron chi connectivity index (χ3n) is 3.14. The van der Waals surface area contributed by atoms with E-state index in [1.807, 2.05) is 55.5 Å². The summed E-state index contributed by atoms with van der Waals surface area (Å²) in [6, 6.07) is 15.3. The Morgan fingerprint density at radius 3 is 2.76 bits per heavy atom. The SMILES string of the molecule is Cc1ccc(/C=N/NC(=O)c2n[nH]c3ccccc23)cc1. The van der Waals surface area contributed by atoms with Gasteiger partial charge in [0.2, 0.25) is 0 Å². The summed E-state index contributed by atoms with van der Waals surface area (Å²) in [5, 5.41) is 11.6. The van der Waals surface area contributed by atoms with E-state index in [9.17, 15) is 4.79 Å². The quantitative estimate of drug-likeness (QED) is 0.571. The molecule has 3 aromatic rings. The Hall–Kier alpha value is -2.95. The van der Waals surface area contributed by atoms with Crippen molar-refractivity contribution in [2.45, 2.75) is 6.92 Å². The number of hydrogen-bond donors (Lipinski definition) is 2. The van der Waals surface area contributed by atoms with Crippen LogP contribution in [0.5, 0.6) is 0 Å². The van der Waals surface area contributed by atoms with Gasteiger partial charge in [0, 0.05) is 5.39 Å². The van der Waals surface area contributed by atoms with Gasteiger partial charge in [-0.15, -0.1) is 0 Å². The molecule has 3 rings (SSSR count). The molecule has 104 valence electrons. The second-order valence-corrected chi connectivity index (χ2v) is 4.73. The standard InChI is InChI=1S/C16H14N4O/c1-11-6-8-12(9-7-11)10-17-20-16(21)15-13-4-2-3-5-14(13)18-19-15/h2-10H,1H3,(H,18,19)(H,20,21)/b17-10+. The summed E-state index contributed by atoms with van der Waals surface area (Å²) in [4.78, 5) is 12.1. The Labute approximate surface area is 121 Å². The van der Waals surface area contributed by atoms with Crippen molar-refractivity contribution in [3.63, 3.8) is 0 Å². The van der Waals surface area contributed by atoms with Gasteiger partial charge in [0.25, 0.3) is 5.91 Å². The smallest absolute Gasteiger partial charge is 0.277 e. The Morgan fingerprint density at radius 2 is 1.95 bits per heavy atom. The number of rotatable bonds is 3. The predicted molar refractivity (Wildman–Crippen MR) is 82.3 cm³/mol. The van der Waals surface area contributed by atoms with E-state index in [0.29, 0.717) is 5.69 Å². The highest BCUT2D eigenvalue weighted by atomic mass is 16.2. The normalized spacial score (nSPS) is 11.1. The number of aryl methyl sites for hydroxylation is 1. The fourth-order valence-electron chi connectivity index (χ4n) is 2.01. The molecule has 21 heavy (non-hydrogen) atoms. The molecule has 0 aliphatic heterocycles. The van der Waals surface area contributed by atoms with Gasteiger partial charge in [0.15, 0.2) is 5.69 Å². The average molecular weight is 278 g/mol. The van der Waals surface area contributed by atoms with Crippen molar-refractivity contribution in [3.8, 4) is 0 Å². The number of hydrazone groups is 1. The van der Waals surface area contributed by atoms with Gasteiger partial charge in [-0.1, -0.05) is 48.0 Å². The molecule has 0 radical (unpaired) electrons. The largest absolute Gasteiger partial charge is 0.292 e. The number of aromatic amines is 1. The van der Waals surface area contributed by atoms with Crippen LogP contribution in [0.2, 0.25) is 0 Å². The molecule has 0 bridgehead atoms. The second kappa shape index (κ2) is 5.58. The Kier molecular flexibility index (Phi) is 3.47. The lowest BCUT2D eigenvalue weighted by atomic mass is 10.2. The number of nitrogens with one attached hydrogen (secondary N) is 2. The minimum absolute atomic E-state index is 0.337. The zero-order chi connectivity index (χ0) is 14.7. The van der Waals surface area contributed by atoms with Crippen molar-refractivity contribution >= 4 is 23.0 Å². The third-order valence-corrected chi connectivity index (χ3v) is 3.14. The highest BCUT2D eigenvalue weighted by Gasteiger charge is 2.12. The topological polar surface area (TPSA) is 70.1 Å². The van der Waals surface area contributed by atoms with Crippen LogP contribution in [0.25, 0.3) is 10.9 Å². The minimum Gasteiger partial charge on any atom is -0.277 e. The number of benzene rings is 2. The van der Waals surface area contributed by atoms with Crippen LogP contribution in [0.4, 0.5) is 0 Å². The van der Waals surface area contributed by atoms with Gasteiger partial charge in [-0.25, -0.2) is 5.43 Å². The van der Waals surface area contributed by atoms with Gasteiger partial charge >= 0.3 is 0 Å². The third kappa shape index (κ3) is 2.81. The molecular weight excluding hydrogens is 264 g/mol. The molecule has 0 unspecified atom stereocenters. The molecule has 5 nitrogen and oxygen atoms in total. The van der Waals surface area contributed by atoms with Crippen LogP contribution >= 0.6 is 0 Å². The van der Waals surface area contributed by atoms with E-state index >= 15 is 0 Å². The van der Waals surface area contributed by atoms with Crippen molar-refractivity contribution in [3.05, 3.63) is 65.4 Å². The van der Waals surface area contributed by atoms with E-state index in [1.54, 1.807) is 6.21 Å². The molecule has 1 amide bonds. The van der Waals surface area contributed by atoms with E-state index in [-0.39, 0.29) is 5.91 Å². The summed E-state index contributed by atoms with van der Waals surface area (Å²) >= 11 is 0. The van der Waals surface area contributed by atoms with Gasteiger partial charge in [-0.3, -0.25) is 9.89 Å². The van der Waals surface area contributed by atoms with E-state index in [0.717, 1.165) is 16.5 Å². The van der Waals surface area contributed by atoms with Crippen LogP contribution in [0.1, 0.15) is 21.6 Å². The first-order chi connectivity index (χ1) is 10.2. The summed E-state index contributed by atoms with van der Waals surface area (Å²) < 4.78 is 0. The summed E-state index contributed by atoms with van der Waals surface area (Å²) in [5.41, 5.74) is 5.76. The van der Waals surface area contributed by atoms with Gasteiger partial charge in [0.1, 0.15) is 0 Å². The van der Waals surface area contributed by atoms with E-state index in [4.69, 9.17) is 0 Å². The molecule has 0 aliphatic carbocycles. The molecule has 0 spiro atoms. The van der Waals surface area contributed by atoms with Crippen LogP contribution in [0, 0.1) is 6.92 Å². The maximum atomic E-state index is 12.1. The molecule has 0 aliphatic rings. The molecule has 2 aromatic carbocycles. The number of carbonyl (C=O) groups excluding carboxylic acids is 1. The van der Waals surface area contributed by atoms with E-state index < -0.39 is 0 Å². The van der Waals surface area contributed by atoms with Gasteiger partial charge in [-0.05, 0) is 18.6 Å². The van der Waals surface area contributed by atoms with Gasteiger partial charge in [0.05, 0.1) is 11.7 Å². The maximum Gasteiger partial charge on any atom is 0.292 e.